The second-order valence-corrected chi connectivity index (χ2v) is 19.5. The maximum absolute atomic E-state index is 5.62. The van der Waals surface area contributed by atoms with Gasteiger partial charge in [0.1, 0.15) is 0 Å². The fourth-order valence-corrected chi connectivity index (χ4v) is 12.1. The van der Waals surface area contributed by atoms with Crippen molar-refractivity contribution < 1.29 is 0 Å². The summed E-state index contributed by atoms with van der Waals surface area (Å²) >= 11 is 0. The lowest BCUT2D eigenvalue weighted by Gasteiger charge is -2.40. The first-order chi connectivity index (χ1) is 35.0. The first-order valence-electron chi connectivity index (χ1n) is 24.8. The summed E-state index contributed by atoms with van der Waals surface area (Å²) in [6, 6.07) is 79.4. The number of para-hydroxylation sites is 4. The Morgan fingerprint density at radius 1 is 0.451 bits per heavy atom. The molecule has 4 heterocycles. The fraction of sp³-hybridized carbons (Fsp3) is 0.0909. The van der Waals surface area contributed by atoms with Gasteiger partial charge in [-0.3, -0.25) is 4.99 Å². The van der Waals surface area contributed by atoms with E-state index in [0.29, 0.717) is 0 Å². The van der Waals surface area contributed by atoms with Crippen molar-refractivity contribution in [2.24, 2.45) is 15.9 Å². The third kappa shape index (κ3) is 6.46. The van der Waals surface area contributed by atoms with Crippen LogP contribution in [0.15, 0.2) is 253 Å². The van der Waals surface area contributed by atoms with E-state index in [9.17, 15) is 0 Å². The Morgan fingerprint density at radius 3 is 1.68 bits per heavy atom. The topological polar surface area (TPSA) is 37.8 Å². The highest BCUT2D eigenvalue weighted by Gasteiger charge is 2.47. The summed E-state index contributed by atoms with van der Waals surface area (Å²) in [5, 5.41) is 4.92. The summed E-state index contributed by atoms with van der Waals surface area (Å²) in [4.78, 5) is 13.5. The molecule has 9 aromatic carbocycles. The number of aliphatic imine (C=N–C) groups is 2. The smallest absolute Gasteiger partial charge is 0.155 e. The molecule has 4 unspecified atom stereocenters. The monoisotopic (exact) mass is 911 g/mol. The van der Waals surface area contributed by atoms with Crippen molar-refractivity contribution in [3.8, 4) is 22.5 Å². The van der Waals surface area contributed by atoms with Crippen molar-refractivity contribution in [2.45, 2.75) is 31.3 Å². The highest BCUT2D eigenvalue weighted by atomic mass is 15.2. The number of anilines is 2. The van der Waals surface area contributed by atoms with E-state index in [4.69, 9.17) is 9.98 Å². The molecule has 2 aliphatic heterocycles. The van der Waals surface area contributed by atoms with Crippen molar-refractivity contribution in [3.05, 3.63) is 265 Å². The van der Waals surface area contributed by atoms with Crippen LogP contribution in [0.5, 0.6) is 0 Å². The van der Waals surface area contributed by atoms with Crippen LogP contribution in [-0.4, -0.2) is 26.2 Å². The third-order valence-electron chi connectivity index (χ3n) is 15.4. The van der Waals surface area contributed by atoms with Gasteiger partial charge in [0.25, 0.3) is 0 Å². The molecule has 4 atom stereocenters. The van der Waals surface area contributed by atoms with E-state index >= 15 is 0 Å². The summed E-state index contributed by atoms with van der Waals surface area (Å²) in [5.74, 6) is 0.940. The minimum atomic E-state index is -0.328. The maximum Gasteiger partial charge on any atom is 0.155 e. The Bertz CT molecular complexity index is 4040. The Morgan fingerprint density at radius 2 is 1.00 bits per heavy atom. The minimum absolute atomic E-state index is 0.0144. The lowest BCUT2D eigenvalue weighted by Crippen LogP contribution is -2.42. The van der Waals surface area contributed by atoms with E-state index in [0.717, 1.165) is 56.3 Å². The maximum atomic E-state index is 5.62. The lowest BCUT2D eigenvalue weighted by atomic mass is 9.80. The molecule has 0 amide bonds. The van der Waals surface area contributed by atoms with Gasteiger partial charge in [0.05, 0.1) is 39.4 Å². The molecule has 0 saturated heterocycles. The van der Waals surface area contributed by atoms with Gasteiger partial charge in [0, 0.05) is 61.7 Å². The Kier molecular flexibility index (Phi) is 9.37. The van der Waals surface area contributed by atoms with Gasteiger partial charge in [-0.2, -0.15) is 0 Å². The molecule has 0 N–H and O–H groups in total. The summed E-state index contributed by atoms with van der Waals surface area (Å²) in [6.07, 6.45) is 9.18. The summed E-state index contributed by atoms with van der Waals surface area (Å²) in [5.41, 5.74) is 17.0. The minimum Gasteiger partial charge on any atom is -0.331 e. The zero-order chi connectivity index (χ0) is 47.2. The quantitative estimate of drug-likeness (QED) is 0.157. The van der Waals surface area contributed by atoms with E-state index in [-0.39, 0.29) is 23.4 Å². The summed E-state index contributed by atoms with van der Waals surface area (Å²) in [7, 11) is 0. The van der Waals surface area contributed by atoms with Gasteiger partial charge in [-0.15, -0.1) is 0 Å². The SMILES string of the molecule is CC1C(c2ccccc2)=NC(c2ccccc2)=NC1c1cc(N2c3ccccc3C3C=CC=CC32C)cc(-n2c3ccccc3c3cc(-c4ccc5c(c4)c4ccccc4n5-c4ccccc4)ccc32)c1. The fourth-order valence-electron chi connectivity index (χ4n) is 12.1. The number of allylic oxidation sites excluding steroid dienone is 2. The molecule has 71 heavy (non-hydrogen) atoms. The first-order valence-corrected chi connectivity index (χ1v) is 24.8. The zero-order valence-electron chi connectivity index (χ0n) is 39.6. The molecule has 11 aromatic rings. The molecule has 14 rings (SSSR count). The molecule has 2 aromatic heterocycles. The Labute approximate surface area is 413 Å². The van der Waals surface area contributed by atoms with Crippen LogP contribution in [0.4, 0.5) is 11.4 Å². The molecule has 0 saturated carbocycles. The molecular weight excluding hydrogens is 863 g/mol. The number of hydrogen-bond acceptors (Lipinski definition) is 3. The molecule has 5 heteroatoms. The van der Waals surface area contributed by atoms with E-state index in [2.05, 4.69) is 271 Å². The van der Waals surface area contributed by atoms with Gasteiger partial charge in [-0.1, -0.05) is 177 Å². The highest BCUT2D eigenvalue weighted by Crippen LogP contribution is 2.55. The standard InChI is InChI=1S/C66H49N5/c1-43-63(44-20-6-3-7-21-44)67-65(45-22-8-4-9-23-45)68-64(43)48-38-50(42-51(39-48)71-62-32-17-14-28-54(62)57-29-18-19-37-66(57,71)2)70-59-31-16-13-27-53(59)56-41-47(34-36-61(56)70)46-33-35-60-55(40-46)52-26-12-15-30-58(52)69(60)49-24-10-5-11-25-49/h3-43,57,64H,1-2H3. The van der Waals surface area contributed by atoms with Crippen molar-refractivity contribution in [1.29, 1.82) is 0 Å². The van der Waals surface area contributed by atoms with Gasteiger partial charge in [-0.25, -0.2) is 4.99 Å². The lowest BCUT2D eigenvalue weighted by molar-refractivity contribution is 0.541. The number of hydrogen-bond donors (Lipinski definition) is 0. The number of rotatable bonds is 7. The predicted octanol–water partition coefficient (Wildman–Crippen LogP) is 16.3. The summed E-state index contributed by atoms with van der Waals surface area (Å²) < 4.78 is 4.87. The van der Waals surface area contributed by atoms with Gasteiger partial charge in [0.2, 0.25) is 0 Å². The molecule has 0 spiro atoms. The van der Waals surface area contributed by atoms with E-state index in [1.807, 2.05) is 0 Å². The second-order valence-electron chi connectivity index (χ2n) is 19.5. The van der Waals surface area contributed by atoms with E-state index in [1.54, 1.807) is 0 Å². The van der Waals surface area contributed by atoms with Crippen molar-refractivity contribution in [3.63, 3.8) is 0 Å². The van der Waals surface area contributed by atoms with Gasteiger partial charge in [-0.05, 0) is 108 Å². The Balaban J connectivity index is 0.978. The number of benzene rings is 9. The van der Waals surface area contributed by atoms with Crippen LogP contribution in [0, 0.1) is 5.92 Å². The number of nitrogens with zero attached hydrogens (tertiary/aromatic N) is 5. The molecule has 5 nitrogen and oxygen atoms in total. The van der Waals surface area contributed by atoms with Crippen LogP contribution < -0.4 is 4.90 Å². The second kappa shape index (κ2) is 16.1. The number of fused-ring (bicyclic) bond motifs is 9. The molecule has 0 fully saturated rings. The predicted molar refractivity (Wildman–Crippen MR) is 296 cm³/mol. The molecule has 3 aliphatic rings. The van der Waals surface area contributed by atoms with Gasteiger partial charge in [0.15, 0.2) is 5.84 Å². The van der Waals surface area contributed by atoms with Crippen LogP contribution in [0.25, 0.3) is 66.1 Å². The zero-order valence-corrected chi connectivity index (χ0v) is 39.6. The van der Waals surface area contributed by atoms with Crippen LogP contribution >= 0.6 is 0 Å². The molecular formula is C66H49N5. The van der Waals surface area contributed by atoms with Crippen LogP contribution in [0.2, 0.25) is 0 Å². The molecule has 0 bridgehead atoms. The first kappa shape index (κ1) is 41.2. The third-order valence-corrected chi connectivity index (χ3v) is 15.4. The largest absolute Gasteiger partial charge is 0.331 e. The normalized spacial score (nSPS) is 19.4. The van der Waals surface area contributed by atoms with Crippen molar-refractivity contribution in [2.75, 3.05) is 4.90 Å². The van der Waals surface area contributed by atoms with E-state index < -0.39 is 0 Å². The highest BCUT2D eigenvalue weighted by molar-refractivity contribution is 6.15. The van der Waals surface area contributed by atoms with Crippen molar-refractivity contribution in [1.82, 2.24) is 9.13 Å². The van der Waals surface area contributed by atoms with Gasteiger partial charge < -0.3 is 14.0 Å². The average Bonchev–Trinajstić information content (AvgIpc) is 4.04. The van der Waals surface area contributed by atoms with Gasteiger partial charge >= 0.3 is 0 Å². The summed E-state index contributed by atoms with van der Waals surface area (Å²) in [6.45, 7) is 4.68. The van der Waals surface area contributed by atoms with Crippen LogP contribution in [-0.2, 0) is 0 Å². The van der Waals surface area contributed by atoms with Crippen LogP contribution in [0.3, 0.4) is 0 Å². The molecule has 338 valence electrons. The van der Waals surface area contributed by atoms with E-state index in [1.165, 1.54) is 55.0 Å². The number of amidine groups is 1. The number of aromatic nitrogens is 2. The molecule has 1 aliphatic carbocycles. The molecule has 0 radical (unpaired) electrons. The van der Waals surface area contributed by atoms with Crippen molar-refractivity contribution >= 4 is 66.5 Å². The average molecular weight is 912 g/mol. The van der Waals surface area contributed by atoms with Crippen LogP contribution in [0.1, 0.15) is 48.1 Å². The Hall–Kier alpha value is -8.80.